The van der Waals surface area contributed by atoms with Crippen LogP contribution < -0.4 is 4.74 Å². The minimum absolute atomic E-state index is 0.0874. The van der Waals surface area contributed by atoms with E-state index in [0.717, 1.165) is 4.88 Å². The number of ketones is 1. The van der Waals surface area contributed by atoms with E-state index in [2.05, 4.69) is 0 Å². The Morgan fingerprint density at radius 3 is 2.63 bits per heavy atom. The summed E-state index contributed by atoms with van der Waals surface area (Å²) in [4.78, 5) is 27.8. The Balaban J connectivity index is 2.11. The molecule has 2 aromatic rings. The lowest BCUT2D eigenvalue weighted by molar-refractivity contribution is -0.140. The molecule has 0 bridgehead atoms. The summed E-state index contributed by atoms with van der Waals surface area (Å²) in [5.41, 5.74) is 0.473. The van der Waals surface area contributed by atoms with E-state index in [1.807, 2.05) is 17.5 Å². The fourth-order valence-corrected chi connectivity index (χ4v) is 4.06. The third-order valence-corrected chi connectivity index (χ3v) is 5.39. The summed E-state index contributed by atoms with van der Waals surface area (Å²) < 4.78 is 10.4. The lowest BCUT2D eigenvalue weighted by Gasteiger charge is -2.24. The maximum absolute atomic E-state index is 12.8. The van der Waals surface area contributed by atoms with Gasteiger partial charge in [0.1, 0.15) is 11.5 Å². The van der Waals surface area contributed by atoms with Gasteiger partial charge < -0.3 is 19.5 Å². The van der Waals surface area contributed by atoms with Crippen LogP contribution in [0.15, 0.2) is 47.4 Å². The van der Waals surface area contributed by atoms with Crippen molar-refractivity contribution in [1.29, 1.82) is 0 Å². The van der Waals surface area contributed by atoms with Crippen LogP contribution in [-0.2, 0) is 14.3 Å². The first-order valence-corrected chi connectivity index (χ1v) is 9.42. The first kappa shape index (κ1) is 19.1. The smallest absolute Gasteiger partial charge is 0.295 e. The third kappa shape index (κ3) is 3.61. The van der Waals surface area contributed by atoms with Crippen LogP contribution in [0.4, 0.5) is 0 Å². The average molecular weight is 387 g/mol. The number of carbonyl (C=O) groups excluding carboxylic acids is 2. The Bertz CT molecular complexity index is 859. The Hall–Kier alpha value is -2.64. The van der Waals surface area contributed by atoms with Gasteiger partial charge in [0, 0.05) is 25.1 Å². The molecule has 142 valence electrons. The predicted octanol–water partition coefficient (Wildman–Crippen LogP) is 3.21. The van der Waals surface area contributed by atoms with Crippen molar-refractivity contribution in [3.8, 4) is 5.75 Å². The summed E-state index contributed by atoms with van der Waals surface area (Å²) in [7, 11) is 3.08. The van der Waals surface area contributed by atoms with Gasteiger partial charge in [0.2, 0.25) is 0 Å². The molecule has 1 aromatic carbocycles. The second-order valence-corrected chi connectivity index (χ2v) is 7.03. The molecule has 0 radical (unpaired) electrons. The molecule has 1 atom stereocenters. The van der Waals surface area contributed by atoms with Gasteiger partial charge in [-0.3, -0.25) is 9.59 Å². The van der Waals surface area contributed by atoms with Gasteiger partial charge in [0.25, 0.3) is 11.7 Å². The molecule has 1 saturated heterocycles. The number of para-hydroxylation sites is 1. The van der Waals surface area contributed by atoms with Crippen molar-refractivity contribution < 1.29 is 24.2 Å². The van der Waals surface area contributed by atoms with Gasteiger partial charge in [-0.25, -0.2) is 0 Å². The van der Waals surface area contributed by atoms with Gasteiger partial charge in [-0.15, -0.1) is 11.3 Å². The summed E-state index contributed by atoms with van der Waals surface area (Å²) in [5, 5.41) is 12.8. The van der Waals surface area contributed by atoms with E-state index in [9.17, 15) is 14.7 Å². The van der Waals surface area contributed by atoms with Gasteiger partial charge in [-0.1, -0.05) is 18.2 Å². The van der Waals surface area contributed by atoms with E-state index < -0.39 is 17.7 Å². The number of thiophene rings is 1. The molecule has 1 N–H and O–H groups in total. The minimum atomic E-state index is -0.686. The van der Waals surface area contributed by atoms with Gasteiger partial charge in [-0.2, -0.15) is 0 Å². The van der Waals surface area contributed by atoms with E-state index in [1.165, 1.54) is 23.3 Å². The van der Waals surface area contributed by atoms with Crippen LogP contribution in [0, 0.1) is 0 Å². The summed E-state index contributed by atoms with van der Waals surface area (Å²) in [6, 6.07) is 9.98. The quantitative estimate of drug-likeness (QED) is 0.342. The van der Waals surface area contributed by atoms with Crippen molar-refractivity contribution in [1.82, 2.24) is 4.90 Å². The zero-order valence-electron chi connectivity index (χ0n) is 15.2. The summed E-state index contributed by atoms with van der Waals surface area (Å²) in [5.74, 6) is -1.08. The van der Waals surface area contributed by atoms with Crippen molar-refractivity contribution in [2.75, 3.05) is 27.4 Å². The molecule has 0 aliphatic carbocycles. The predicted molar refractivity (Wildman–Crippen MR) is 103 cm³/mol. The second-order valence-electron chi connectivity index (χ2n) is 6.05. The SMILES string of the molecule is COCCCN1C(=O)C(=O)/C(=C(\O)c2ccccc2OC)C1c1cccs1. The number of methoxy groups -OCH3 is 2. The number of rotatable bonds is 7. The highest BCUT2D eigenvalue weighted by molar-refractivity contribution is 7.10. The fourth-order valence-electron chi connectivity index (χ4n) is 3.22. The first-order valence-electron chi connectivity index (χ1n) is 8.54. The van der Waals surface area contributed by atoms with E-state index in [1.54, 1.807) is 31.4 Å². The summed E-state index contributed by atoms with van der Waals surface area (Å²) >= 11 is 1.44. The van der Waals surface area contributed by atoms with Crippen LogP contribution in [0.1, 0.15) is 22.9 Å². The number of likely N-dealkylation sites (tertiary alicyclic amines) is 1. The van der Waals surface area contributed by atoms with Crippen LogP contribution in [-0.4, -0.2) is 49.1 Å². The molecule has 1 unspecified atom stereocenters. The number of nitrogens with zero attached hydrogens (tertiary/aromatic N) is 1. The van der Waals surface area contributed by atoms with Crippen LogP contribution in [0.25, 0.3) is 5.76 Å². The molecule has 2 heterocycles. The summed E-state index contributed by atoms with van der Waals surface area (Å²) in [6.45, 7) is 0.844. The Morgan fingerprint density at radius 2 is 1.96 bits per heavy atom. The molecule has 6 nitrogen and oxygen atoms in total. The highest BCUT2D eigenvalue weighted by Crippen LogP contribution is 2.42. The monoisotopic (exact) mass is 387 g/mol. The zero-order chi connectivity index (χ0) is 19.4. The van der Waals surface area contributed by atoms with E-state index >= 15 is 0 Å². The largest absolute Gasteiger partial charge is 0.507 e. The molecule has 27 heavy (non-hydrogen) atoms. The Kier molecular flexibility index (Phi) is 5.93. The molecule has 1 fully saturated rings. The van der Waals surface area contributed by atoms with Gasteiger partial charge in [-0.05, 0) is 30.0 Å². The molecular formula is C20H21NO5S. The number of amides is 1. The van der Waals surface area contributed by atoms with E-state index in [4.69, 9.17) is 9.47 Å². The highest BCUT2D eigenvalue weighted by Gasteiger charge is 2.46. The minimum Gasteiger partial charge on any atom is -0.507 e. The fraction of sp³-hybridized carbons (Fsp3) is 0.300. The number of hydrogen-bond donors (Lipinski definition) is 1. The lowest BCUT2D eigenvalue weighted by atomic mass is 9.99. The molecule has 1 aromatic heterocycles. The van der Waals surface area contributed by atoms with Crippen LogP contribution in [0.3, 0.4) is 0 Å². The highest BCUT2D eigenvalue weighted by atomic mass is 32.1. The standard InChI is InChI=1S/C20H21NO5S/c1-25-11-6-10-21-17(15-9-5-12-27-15)16(19(23)20(21)24)18(22)13-7-3-4-8-14(13)26-2/h3-5,7-9,12,17,22H,6,10-11H2,1-2H3/b18-16-. The number of aliphatic hydroxyl groups excluding tert-OH is 1. The zero-order valence-corrected chi connectivity index (χ0v) is 16.0. The van der Waals surface area contributed by atoms with Crippen LogP contribution in [0.5, 0.6) is 5.75 Å². The molecule has 7 heteroatoms. The molecule has 3 rings (SSSR count). The first-order chi connectivity index (χ1) is 13.1. The van der Waals surface area contributed by atoms with Crippen molar-refractivity contribution >= 4 is 28.8 Å². The van der Waals surface area contributed by atoms with E-state index in [0.29, 0.717) is 30.9 Å². The lowest BCUT2D eigenvalue weighted by Crippen LogP contribution is -2.31. The molecule has 1 aliphatic heterocycles. The number of aliphatic hydroxyl groups is 1. The molecular weight excluding hydrogens is 366 g/mol. The molecule has 0 spiro atoms. The Labute approximate surface area is 161 Å². The van der Waals surface area contributed by atoms with E-state index in [-0.39, 0.29) is 11.3 Å². The maximum atomic E-state index is 12.8. The number of hydrogen-bond acceptors (Lipinski definition) is 6. The second kappa shape index (κ2) is 8.37. The molecule has 1 amide bonds. The van der Waals surface area contributed by atoms with Crippen molar-refractivity contribution in [2.24, 2.45) is 0 Å². The summed E-state index contributed by atoms with van der Waals surface area (Å²) in [6.07, 6.45) is 0.597. The van der Waals surface area contributed by atoms with Crippen molar-refractivity contribution in [3.05, 3.63) is 57.8 Å². The molecule has 0 saturated carbocycles. The molecule has 1 aliphatic rings. The van der Waals surface area contributed by atoms with Crippen LogP contribution >= 0.6 is 11.3 Å². The number of ether oxygens (including phenoxy) is 2. The topological polar surface area (TPSA) is 76.1 Å². The van der Waals surface area contributed by atoms with Crippen molar-refractivity contribution in [3.63, 3.8) is 0 Å². The number of carbonyl (C=O) groups is 2. The van der Waals surface area contributed by atoms with Gasteiger partial charge in [0.15, 0.2) is 0 Å². The van der Waals surface area contributed by atoms with Gasteiger partial charge in [0.05, 0.1) is 24.3 Å². The third-order valence-electron chi connectivity index (χ3n) is 4.46. The average Bonchev–Trinajstić information content (AvgIpc) is 3.30. The van der Waals surface area contributed by atoms with Crippen LogP contribution in [0.2, 0.25) is 0 Å². The van der Waals surface area contributed by atoms with Crippen molar-refractivity contribution in [2.45, 2.75) is 12.5 Å². The number of Topliss-reactive ketones (excluding diaryl/α,β-unsaturated/α-hetero) is 1. The maximum Gasteiger partial charge on any atom is 0.295 e. The number of benzene rings is 1. The normalized spacial score (nSPS) is 18.9. The Morgan fingerprint density at radius 1 is 1.19 bits per heavy atom. The van der Waals surface area contributed by atoms with Gasteiger partial charge >= 0.3 is 0 Å².